The van der Waals surface area contributed by atoms with Crippen LogP contribution in [0.2, 0.25) is 10.0 Å². The molecule has 7 nitrogen and oxygen atoms in total. The van der Waals surface area contributed by atoms with Crippen LogP contribution in [0.15, 0.2) is 36.4 Å². The van der Waals surface area contributed by atoms with Gasteiger partial charge in [0, 0.05) is 24.2 Å². The summed E-state index contributed by atoms with van der Waals surface area (Å²) in [5, 5.41) is 6.12. The van der Waals surface area contributed by atoms with Crippen molar-refractivity contribution in [3.8, 4) is 5.75 Å². The first kappa shape index (κ1) is 22.3. The molecule has 2 N–H and O–H groups in total. The zero-order chi connectivity index (χ0) is 21.7. The van der Waals surface area contributed by atoms with Crippen molar-refractivity contribution in [3.05, 3.63) is 57.6 Å². The molecular formula is C20H19Cl2N3O4S. The van der Waals surface area contributed by atoms with Crippen LogP contribution < -0.4 is 15.4 Å². The minimum atomic E-state index is -0.450. The molecule has 0 saturated carbocycles. The number of hydrogen-bond donors (Lipinski definition) is 2. The molecule has 1 saturated heterocycles. The first-order valence-corrected chi connectivity index (χ1v) is 10.2. The third-order valence-electron chi connectivity index (χ3n) is 4.40. The quantitative estimate of drug-likeness (QED) is 0.668. The van der Waals surface area contributed by atoms with Crippen LogP contribution in [0.3, 0.4) is 0 Å². The number of hydrogen-bond acceptors (Lipinski definition) is 5. The van der Waals surface area contributed by atoms with Crippen LogP contribution in [0.5, 0.6) is 5.75 Å². The molecule has 0 radical (unpaired) electrons. The molecule has 0 atom stereocenters. The average molecular weight is 468 g/mol. The van der Waals surface area contributed by atoms with Crippen molar-refractivity contribution in [1.29, 1.82) is 0 Å². The highest BCUT2D eigenvalue weighted by Gasteiger charge is 2.20. The lowest BCUT2D eigenvalue weighted by Gasteiger charge is -2.27. The second kappa shape index (κ2) is 10.1. The summed E-state index contributed by atoms with van der Waals surface area (Å²) in [4.78, 5) is 26.8. The van der Waals surface area contributed by atoms with Crippen LogP contribution in [0, 0.1) is 0 Å². The number of thiocarbonyl (C=S) groups is 1. The number of rotatable bonds is 4. The maximum Gasteiger partial charge on any atom is 0.257 e. The number of benzene rings is 2. The average Bonchev–Trinajstić information content (AvgIpc) is 2.75. The molecule has 0 aliphatic carbocycles. The fourth-order valence-corrected chi connectivity index (χ4v) is 3.46. The van der Waals surface area contributed by atoms with Crippen LogP contribution >= 0.6 is 35.4 Å². The summed E-state index contributed by atoms with van der Waals surface area (Å²) in [5.74, 6) is -0.114. The Hall–Kier alpha value is -2.39. The lowest BCUT2D eigenvalue weighted by molar-refractivity contribution is 0.0303. The monoisotopic (exact) mass is 467 g/mol. The van der Waals surface area contributed by atoms with Crippen molar-refractivity contribution in [2.75, 3.05) is 38.7 Å². The van der Waals surface area contributed by atoms with Crippen molar-refractivity contribution in [1.82, 2.24) is 10.2 Å². The van der Waals surface area contributed by atoms with Gasteiger partial charge in [-0.15, -0.1) is 0 Å². The molecule has 2 amide bonds. The highest BCUT2D eigenvalue weighted by Crippen LogP contribution is 2.26. The minimum absolute atomic E-state index is 0.0322. The molecule has 30 heavy (non-hydrogen) atoms. The van der Waals surface area contributed by atoms with Crippen molar-refractivity contribution in [3.63, 3.8) is 0 Å². The highest BCUT2D eigenvalue weighted by molar-refractivity contribution is 7.80. The van der Waals surface area contributed by atoms with Gasteiger partial charge in [0.1, 0.15) is 5.75 Å². The Morgan fingerprint density at radius 1 is 1.07 bits per heavy atom. The van der Waals surface area contributed by atoms with E-state index in [9.17, 15) is 9.59 Å². The van der Waals surface area contributed by atoms with E-state index in [1.807, 2.05) is 0 Å². The van der Waals surface area contributed by atoms with Crippen LogP contribution in [-0.2, 0) is 4.74 Å². The van der Waals surface area contributed by atoms with Gasteiger partial charge in [-0.2, -0.15) is 0 Å². The van der Waals surface area contributed by atoms with E-state index in [2.05, 4.69) is 10.6 Å². The second-order valence-electron chi connectivity index (χ2n) is 6.36. The van der Waals surface area contributed by atoms with Crippen molar-refractivity contribution < 1.29 is 19.1 Å². The Bertz CT molecular complexity index is 981. The molecule has 1 aliphatic rings. The van der Waals surface area contributed by atoms with E-state index in [0.717, 1.165) is 0 Å². The molecule has 1 aliphatic heterocycles. The van der Waals surface area contributed by atoms with Gasteiger partial charge in [0.05, 0.1) is 36.1 Å². The Morgan fingerprint density at radius 2 is 1.77 bits per heavy atom. The summed E-state index contributed by atoms with van der Waals surface area (Å²) < 4.78 is 10.3. The first-order valence-electron chi connectivity index (χ1n) is 9.01. The molecule has 3 rings (SSSR count). The second-order valence-corrected chi connectivity index (χ2v) is 7.58. The predicted octanol–water partition coefficient (Wildman–Crippen LogP) is 3.60. The van der Waals surface area contributed by atoms with E-state index in [1.165, 1.54) is 13.2 Å². The maximum absolute atomic E-state index is 12.7. The van der Waals surface area contributed by atoms with Crippen molar-refractivity contribution >= 4 is 58.0 Å². The standard InChI is InChI=1S/C20H19Cl2N3O4S/c1-28-17-5-3-12(10-15(17)22)18(26)24-20(30)23-16-11-13(2-4-14(16)21)19(27)25-6-8-29-9-7-25/h2-5,10-11H,6-9H2,1H3,(H2,23,24,26,30). The molecular weight excluding hydrogens is 449 g/mol. The first-order chi connectivity index (χ1) is 14.4. The third kappa shape index (κ3) is 5.40. The number of nitrogens with one attached hydrogen (secondary N) is 2. The largest absolute Gasteiger partial charge is 0.495 e. The molecule has 1 heterocycles. The van der Waals surface area contributed by atoms with Crippen molar-refractivity contribution in [2.24, 2.45) is 0 Å². The van der Waals surface area contributed by atoms with Crippen LogP contribution in [0.1, 0.15) is 20.7 Å². The van der Waals surface area contributed by atoms with E-state index in [4.69, 9.17) is 44.9 Å². The van der Waals surface area contributed by atoms with Crippen LogP contribution in [0.4, 0.5) is 5.69 Å². The summed E-state index contributed by atoms with van der Waals surface area (Å²) in [5.41, 5.74) is 1.18. The van der Waals surface area contributed by atoms with Crippen LogP contribution in [-0.4, -0.2) is 55.2 Å². The molecule has 0 aromatic heterocycles. The molecule has 158 valence electrons. The van der Waals surface area contributed by atoms with Gasteiger partial charge in [-0.3, -0.25) is 14.9 Å². The number of nitrogens with zero attached hydrogens (tertiary/aromatic N) is 1. The molecule has 0 spiro atoms. The Labute approximate surface area is 189 Å². The van der Waals surface area contributed by atoms with Gasteiger partial charge < -0.3 is 19.7 Å². The van der Waals surface area contributed by atoms with Gasteiger partial charge in [-0.25, -0.2) is 0 Å². The zero-order valence-corrected chi connectivity index (χ0v) is 18.4. The Balaban J connectivity index is 1.67. The topological polar surface area (TPSA) is 79.9 Å². The number of halogens is 2. The van der Waals surface area contributed by atoms with E-state index in [0.29, 0.717) is 58.9 Å². The lowest BCUT2D eigenvalue weighted by atomic mass is 10.1. The fourth-order valence-electron chi connectivity index (χ4n) is 2.84. The van der Waals surface area contributed by atoms with Gasteiger partial charge in [-0.1, -0.05) is 23.2 Å². The molecule has 1 fully saturated rings. The highest BCUT2D eigenvalue weighted by atomic mass is 35.5. The number of methoxy groups -OCH3 is 1. The van der Waals surface area contributed by atoms with E-state index >= 15 is 0 Å². The summed E-state index contributed by atoms with van der Waals surface area (Å²) >= 11 is 17.5. The summed E-state index contributed by atoms with van der Waals surface area (Å²) in [6, 6.07) is 9.48. The number of amides is 2. The van der Waals surface area contributed by atoms with E-state index in [1.54, 1.807) is 35.2 Å². The van der Waals surface area contributed by atoms with Gasteiger partial charge in [0.2, 0.25) is 0 Å². The minimum Gasteiger partial charge on any atom is -0.495 e. The van der Waals surface area contributed by atoms with Gasteiger partial charge in [0.15, 0.2) is 5.11 Å². The summed E-state index contributed by atoms with van der Waals surface area (Å²) in [6.07, 6.45) is 0. The normalized spacial score (nSPS) is 13.5. The smallest absolute Gasteiger partial charge is 0.257 e. The van der Waals surface area contributed by atoms with Gasteiger partial charge in [0.25, 0.3) is 11.8 Å². The van der Waals surface area contributed by atoms with E-state index in [-0.39, 0.29) is 11.0 Å². The molecule has 0 unspecified atom stereocenters. The number of carbonyl (C=O) groups is 2. The third-order valence-corrected chi connectivity index (χ3v) is 5.23. The Morgan fingerprint density at radius 3 is 2.43 bits per heavy atom. The van der Waals surface area contributed by atoms with E-state index < -0.39 is 5.91 Å². The summed E-state index contributed by atoms with van der Waals surface area (Å²) in [6.45, 7) is 2.08. The number of ether oxygens (including phenoxy) is 2. The summed E-state index contributed by atoms with van der Waals surface area (Å²) in [7, 11) is 1.49. The maximum atomic E-state index is 12.7. The number of anilines is 1. The van der Waals surface area contributed by atoms with Crippen LogP contribution in [0.25, 0.3) is 0 Å². The predicted molar refractivity (Wildman–Crippen MR) is 120 cm³/mol. The zero-order valence-electron chi connectivity index (χ0n) is 16.0. The fraction of sp³-hybridized carbons (Fsp3) is 0.250. The van der Waals surface area contributed by atoms with Gasteiger partial charge >= 0.3 is 0 Å². The molecule has 0 bridgehead atoms. The van der Waals surface area contributed by atoms with Crippen molar-refractivity contribution in [2.45, 2.75) is 0 Å². The molecule has 2 aromatic rings. The SMILES string of the molecule is COc1ccc(C(=O)NC(=S)Nc2cc(C(=O)N3CCOCC3)ccc2Cl)cc1Cl. The number of carbonyl (C=O) groups excluding carboxylic acids is 2. The number of morpholine rings is 1. The molecule has 2 aromatic carbocycles. The van der Waals surface area contributed by atoms with Gasteiger partial charge in [-0.05, 0) is 48.6 Å². The lowest BCUT2D eigenvalue weighted by Crippen LogP contribution is -2.40. The molecule has 10 heteroatoms. The Kier molecular flexibility index (Phi) is 7.49.